The van der Waals surface area contributed by atoms with Crippen molar-refractivity contribution in [3.63, 3.8) is 0 Å². The molecular formula is C19H21ClN2O6S. The average Bonchev–Trinajstić information content (AvgIpc) is 2.65. The number of rotatable bonds is 8. The third kappa shape index (κ3) is 5.85. The number of benzene rings is 2. The van der Waals surface area contributed by atoms with E-state index < -0.39 is 28.4 Å². The Morgan fingerprint density at radius 1 is 1.17 bits per heavy atom. The molecule has 8 nitrogen and oxygen atoms in total. The number of carbonyl (C=O) groups excluding carboxylic acids is 2. The van der Waals surface area contributed by atoms with Crippen LogP contribution in [0.3, 0.4) is 0 Å². The molecule has 0 saturated heterocycles. The first-order chi connectivity index (χ1) is 13.7. The molecule has 0 aliphatic carbocycles. The summed E-state index contributed by atoms with van der Waals surface area (Å²) in [5, 5.41) is 2.67. The summed E-state index contributed by atoms with van der Waals surface area (Å²) in [6.07, 6.45) is 0.998. The van der Waals surface area contributed by atoms with Crippen molar-refractivity contribution in [1.29, 1.82) is 0 Å². The molecule has 156 valence electrons. The maximum Gasteiger partial charge on any atom is 0.339 e. The van der Waals surface area contributed by atoms with Crippen LogP contribution in [-0.2, 0) is 19.6 Å². The second kappa shape index (κ2) is 9.62. The zero-order valence-electron chi connectivity index (χ0n) is 16.1. The lowest BCUT2D eigenvalue weighted by Gasteiger charge is -2.23. The van der Waals surface area contributed by atoms with Gasteiger partial charge < -0.3 is 14.8 Å². The van der Waals surface area contributed by atoms with Crippen LogP contribution >= 0.6 is 11.6 Å². The number of ether oxygens (including phenoxy) is 2. The Balaban J connectivity index is 2.21. The van der Waals surface area contributed by atoms with Crippen LogP contribution in [-0.4, -0.2) is 46.8 Å². The summed E-state index contributed by atoms with van der Waals surface area (Å²) in [5.74, 6) is -0.858. The quantitative estimate of drug-likeness (QED) is 0.633. The Labute approximate surface area is 174 Å². The Kier molecular flexibility index (Phi) is 7.46. The van der Waals surface area contributed by atoms with E-state index in [0.717, 1.165) is 10.6 Å². The number of esters is 1. The number of amides is 1. The fourth-order valence-corrected chi connectivity index (χ4v) is 3.63. The summed E-state index contributed by atoms with van der Waals surface area (Å²) in [7, 11) is -2.36. The SMILES string of the molecule is CCOC(=O)c1ccc(NC(=O)CN(c2ccccc2OC)S(C)(=O)=O)cc1Cl. The fourth-order valence-electron chi connectivity index (χ4n) is 2.52. The van der Waals surface area contributed by atoms with Gasteiger partial charge in [0.2, 0.25) is 15.9 Å². The number of sulfonamides is 1. The molecule has 0 bridgehead atoms. The van der Waals surface area contributed by atoms with E-state index in [0.29, 0.717) is 11.4 Å². The topological polar surface area (TPSA) is 102 Å². The van der Waals surface area contributed by atoms with Crippen molar-refractivity contribution in [1.82, 2.24) is 0 Å². The lowest BCUT2D eigenvalue weighted by molar-refractivity contribution is -0.114. The Morgan fingerprint density at radius 2 is 1.86 bits per heavy atom. The molecule has 1 N–H and O–H groups in total. The molecule has 0 fully saturated rings. The molecule has 2 aromatic rings. The van der Waals surface area contributed by atoms with Crippen LogP contribution in [0.25, 0.3) is 0 Å². The van der Waals surface area contributed by atoms with Crippen molar-refractivity contribution in [2.45, 2.75) is 6.92 Å². The van der Waals surface area contributed by atoms with E-state index in [1.165, 1.54) is 31.4 Å². The summed E-state index contributed by atoms with van der Waals surface area (Å²) in [6.45, 7) is 1.41. The van der Waals surface area contributed by atoms with Gasteiger partial charge in [-0.25, -0.2) is 13.2 Å². The third-order valence-electron chi connectivity index (χ3n) is 3.79. The predicted molar refractivity (Wildman–Crippen MR) is 111 cm³/mol. The highest BCUT2D eigenvalue weighted by atomic mass is 35.5. The molecule has 0 radical (unpaired) electrons. The fraction of sp³-hybridized carbons (Fsp3) is 0.263. The molecule has 2 rings (SSSR count). The van der Waals surface area contributed by atoms with Gasteiger partial charge in [-0.05, 0) is 37.3 Å². The molecule has 0 aromatic heterocycles. The largest absolute Gasteiger partial charge is 0.495 e. The molecule has 0 atom stereocenters. The molecule has 0 saturated carbocycles. The number of hydrogen-bond donors (Lipinski definition) is 1. The van der Waals surface area contributed by atoms with E-state index in [1.807, 2.05) is 0 Å². The molecule has 0 spiro atoms. The number of para-hydroxylation sites is 2. The van der Waals surface area contributed by atoms with Gasteiger partial charge in [0.05, 0.1) is 36.2 Å². The predicted octanol–water partition coefficient (Wildman–Crippen LogP) is 2.93. The Hall–Kier alpha value is -2.78. The van der Waals surface area contributed by atoms with E-state index >= 15 is 0 Å². The Morgan fingerprint density at radius 3 is 2.45 bits per heavy atom. The van der Waals surface area contributed by atoms with Crippen LogP contribution in [0, 0.1) is 0 Å². The van der Waals surface area contributed by atoms with Crippen molar-refractivity contribution in [2.24, 2.45) is 0 Å². The maximum absolute atomic E-state index is 12.5. The first kappa shape index (κ1) is 22.5. The minimum atomic E-state index is -3.77. The molecule has 1 amide bonds. The van der Waals surface area contributed by atoms with Gasteiger partial charge in [-0.3, -0.25) is 9.10 Å². The first-order valence-electron chi connectivity index (χ1n) is 8.54. The number of halogens is 1. The van der Waals surface area contributed by atoms with Crippen LogP contribution < -0.4 is 14.4 Å². The molecule has 0 aliphatic heterocycles. The van der Waals surface area contributed by atoms with Crippen molar-refractivity contribution in [3.05, 3.63) is 53.1 Å². The van der Waals surface area contributed by atoms with Crippen LogP contribution in [0.1, 0.15) is 17.3 Å². The minimum absolute atomic E-state index is 0.103. The number of carbonyl (C=O) groups is 2. The second-order valence-electron chi connectivity index (χ2n) is 5.90. The van der Waals surface area contributed by atoms with Crippen molar-refractivity contribution in [3.8, 4) is 5.75 Å². The smallest absolute Gasteiger partial charge is 0.339 e. The minimum Gasteiger partial charge on any atom is -0.495 e. The number of anilines is 2. The molecule has 29 heavy (non-hydrogen) atoms. The molecule has 10 heteroatoms. The third-order valence-corrected chi connectivity index (χ3v) is 5.23. The van der Waals surface area contributed by atoms with Crippen LogP contribution in [0.4, 0.5) is 11.4 Å². The normalized spacial score (nSPS) is 10.9. The molecule has 2 aromatic carbocycles. The lowest BCUT2D eigenvalue weighted by atomic mass is 10.2. The standard InChI is InChI=1S/C19H21ClN2O6S/c1-4-28-19(24)14-10-9-13(11-15(14)20)21-18(23)12-22(29(3,25)26)16-7-5-6-8-17(16)27-2/h5-11H,4,12H2,1-3H3,(H,21,23). The van der Waals surface area contributed by atoms with Crippen LogP contribution in [0.5, 0.6) is 5.75 Å². The molecule has 0 unspecified atom stereocenters. The van der Waals surface area contributed by atoms with E-state index in [9.17, 15) is 18.0 Å². The van der Waals surface area contributed by atoms with Crippen molar-refractivity contribution < 1.29 is 27.5 Å². The maximum atomic E-state index is 12.5. The highest BCUT2D eigenvalue weighted by Gasteiger charge is 2.24. The highest BCUT2D eigenvalue weighted by molar-refractivity contribution is 7.92. The molecule has 0 heterocycles. The van der Waals surface area contributed by atoms with Crippen molar-refractivity contribution >= 4 is 44.9 Å². The lowest BCUT2D eigenvalue weighted by Crippen LogP contribution is -2.37. The number of nitrogens with zero attached hydrogens (tertiary/aromatic N) is 1. The van der Waals surface area contributed by atoms with Gasteiger partial charge in [0.15, 0.2) is 0 Å². The summed E-state index contributed by atoms with van der Waals surface area (Å²) in [4.78, 5) is 24.3. The number of hydrogen-bond acceptors (Lipinski definition) is 6. The monoisotopic (exact) mass is 440 g/mol. The summed E-state index contributed by atoms with van der Waals surface area (Å²) < 4.78 is 35.5. The number of methoxy groups -OCH3 is 1. The van der Waals surface area contributed by atoms with Gasteiger partial charge in [-0.15, -0.1) is 0 Å². The van der Waals surface area contributed by atoms with Gasteiger partial charge in [-0.2, -0.15) is 0 Å². The van der Waals surface area contributed by atoms with E-state index in [4.69, 9.17) is 21.1 Å². The molecule has 0 aliphatic rings. The average molecular weight is 441 g/mol. The van der Waals surface area contributed by atoms with Crippen LogP contribution in [0.15, 0.2) is 42.5 Å². The first-order valence-corrected chi connectivity index (χ1v) is 10.8. The van der Waals surface area contributed by atoms with Gasteiger partial charge in [-0.1, -0.05) is 23.7 Å². The second-order valence-corrected chi connectivity index (χ2v) is 8.22. The zero-order chi connectivity index (χ0) is 21.6. The zero-order valence-corrected chi connectivity index (χ0v) is 17.7. The van der Waals surface area contributed by atoms with Gasteiger partial charge in [0, 0.05) is 5.69 Å². The van der Waals surface area contributed by atoms with Gasteiger partial charge in [0.25, 0.3) is 0 Å². The summed E-state index contributed by atoms with van der Waals surface area (Å²) in [6, 6.07) is 10.8. The molecular weight excluding hydrogens is 420 g/mol. The number of nitrogens with one attached hydrogen (secondary N) is 1. The van der Waals surface area contributed by atoms with Crippen molar-refractivity contribution in [2.75, 3.05) is 36.1 Å². The van der Waals surface area contributed by atoms with Crippen LogP contribution in [0.2, 0.25) is 5.02 Å². The van der Waals surface area contributed by atoms with Gasteiger partial charge in [0.1, 0.15) is 12.3 Å². The summed E-state index contributed by atoms with van der Waals surface area (Å²) in [5.41, 5.74) is 0.711. The van der Waals surface area contributed by atoms with Gasteiger partial charge >= 0.3 is 5.97 Å². The van der Waals surface area contributed by atoms with E-state index in [1.54, 1.807) is 25.1 Å². The van der Waals surface area contributed by atoms with E-state index in [-0.39, 0.29) is 22.9 Å². The summed E-state index contributed by atoms with van der Waals surface area (Å²) >= 11 is 6.08. The van der Waals surface area contributed by atoms with E-state index in [2.05, 4.69) is 5.32 Å². The highest BCUT2D eigenvalue weighted by Crippen LogP contribution is 2.29. The Bertz CT molecular complexity index is 1010.